The number of hydrogen-bond acceptors (Lipinski definition) is 4. The maximum atomic E-state index is 10.9. The molecule has 0 amide bonds. The van der Waals surface area contributed by atoms with Crippen molar-refractivity contribution >= 4 is 17.7 Å². The van der Waals surface area contributed by atoms with Gasteiger partial charge >= 0.3 is 5.97 Å². The van der Waals surface area contributed by atoms with Crippen LogP contribution in [0.2, 0.25) is 0 Å². The average molecular weight is 219 g/mol. The molecule has 84 valence electrons. The highest BCUT2D eigenvalue weighted by atomic mass is 32.2. The number of carbonyl (C=O) groups is 1. The summed E-state index contributed by atoms with van der Waals surface area (Å²) < 4.78 is 4.81. The summed E-state index contributed by atoms with van der Waals surface area (Å²) in [6, 6.07) is 0. The lowest BCUT2D eigenvalue weighted by Gasteiger charge is -2.20. The third kappa shape index (κ3) is 9.86. The summed E-state index contributed by atoms with van der Waals surface area (Å²) in [7, 11) is 0. The molecule has 0 unspecified atom stereocenters. The van der Waals surface area contributed by atoms with Crippen molar-refractivity contribution in [2.24, 2.45) is 0 Å². The highest BCUT2D eigenvalue weighted by Crippen LogP contribution is 2.02. The third-order valence-corrected chi connectivity index (χ3v) is 2.36. The molecule has 0 aliphatic carbocycles. The van der Waals surface area contributed by atoms with E-state index in [9.17, 15) is 4.79 Å². The van der Waals surface area contributed by atoms with E-state index in [4.69, 9.17) is 4.74 Å². The van der Waals surface area contributed by atoms with E-state index in [1.807, 2.05) is 6.92 Å². The van der Waals surface area contributed by atoms with Crippen molar-refractivity contribution < 1.29 is 9.53 Å². The number of rotatable bonds is 6. The van der Waals surface area contributed by atoms with Crippen LogP contribution in [0.1, 0.15) is 27.7 Å². The fourth-order valence-corrected chi connectivity index (χ4v) is 1.50. The first kappa shape index (κ1) is 13.8. The molecular weight excluding hydrogens is 198 g/mol. The summed E-state index contributed by atoms with van der Waals surface area (Å²) in [5.41, 5.74) is 0.157. The van der Waals surface area contributed by atoms with Crippen LogP contribution in [-0.4, -0.2) is 36.2 Å². The van der Waals surface area contributed by atoms with E-state index in [1.165, 1.54) is 0 Å². The van der Waals surface area contributed by atoms with Gasteiger partial charge in [0.05, 0.1) is 12.4 Å². The Kier molecular flexibility index (Phi) is 7.01. The van der Waals surface area contributed by atoms with Crippen molar-refractivity contribution in [2.45, 2.75) is 33.2 Å². The van der Waals surface area contributed by atoms with Crippen molar-refractivity contribution in [1.82, 2.24) is 5.32 Å². The minimum absolute atomic E-state index is 0.117. The Hall–Kier alpha value is -0.220. The number of nitrogens with one attached hydrogen (secondary N) is 1. The highest BCUT2D eigenvalue weighted by molar-refractivity contribution is 7.99. The standard InChI is InChI=1S/C10H21NO2S/c1-5-13-9(12)8-14-7-6-11-10(2,3)4/h11H,5-8H2,1-4H3. The molecule has 3 nitrogen and oxygen atoms in total. The van der Waals surface area contributed by atoms with Crippen LogP contribution in [-0.2, 0) is 9.53 Å². The fourth-order valence-electron chi connectivity index (χ4n) is 0.856. The largest absolute Gasteiger partial charge is 0.465 e. The summed E-state index contributed by atoms with van der Waals surface area (Å²) in [6.07, 6.45) is 0. The molecule has 0 aliphatic rings. The van der Waals surface area contributed by atoms with Crippen LogP contribution in [0, 0.1) is 0 Å². The van der Waals surface area contributed by atoms with Gasteiger partial charge in [-0.15, -0.1) is 11.8 Å². The van der Waals surface area contributed by atoms with Gasteiger partial charge in [0.2, 0.25) is 0 Å². The zero-order valence-corrected chi connectivity index (χ0v) is 10.4. The van der Waals surface area contributed by atoms with Crippen LogP contribution < -0.4 is 5.32 Å². The van der Waals surface area contributed by atoms with Gasteiger partial charge in [0, 0.05) is 17.8 Å². The van der Waals surface area contributed by atoms with Crippen molar-refractivity contribution in [3.63, 3.8) is 0 Å². The lowest BCUT2D eigenvalue weighted by Crippen LogP contribution is -2.37. The predicted octanol–water partition coefficient (Wildman–Crippen LogP) is 1.67. The molecule has 0 heterocycles. The van der Waals surface area contributed by atoms with Gasteiger partial charge in [0.1, 0.15) is 0 Å². The second-order valence-electron chi connectivity index (χ2n) is 4.03. The summed E-state index contributed by atoms with van der Waals surface area (Å²) in [5.74, 6) is 1.28. The van der Waals surface area contributed by atoms with Crippen LogP contribution in [0.5, 0.6) is 0 Å². The number of ether oxygens (including phenoxy) is 1. The normalized spacial score (nSPS) is 11.4. The SMILES string of the molecule is CCOC(=O)CSCCNC(C)(C)C. The smallest absolute Gasteiger partial charge is 0.315 e. The van der Waals surface area contributed by atoms with Gasteiger partial charge in [0.15, 0.2) is 0 Å². The van der Waals surface area contributed by atoms with Crippen LogP contribution in [0.3, 0.4) is 0 Å². The van der Waals surface area contributed by atoms with Gasteiger partial charge in [-0.3, -0.25) is 4.79 Å². The second kappa shape index (κ2) is 7.12. The minimum Gasteiger partial charge on any atom is -0.465 e. The summed E-state index contributed by atoms with van der Waals surface area (Å²) in [4.78, 5) is 10.9. The zero-order valence-electron chi connectivity index (χ0n) is 9.55. The van der Waals surface area contributed by atoms with Gasteiger partial charge in [-0.1, -0.05) is 0 Å². The second-order valence-corrected chi connectivity index (χ2v) is 5.14. The third-order valence-electron chi connectivity index (χ3n) is 1.43. The highest BCUT2D eigenvalue weighted by Gasteiger charge is 2.07. The lowest BCUT2D eigenvalue weighted by molar-refractivity contribution is -0.139. The Labute approximate surface area is 91.0 Å². The van der Waals surface area contributed by atoms with E-state index in [-0.39, 0.29) is 11.5 Å². The van der Waals surface area contributed by atoms with Gasteiger partial charge in [0.25, 0.3) is 0 Å². The quantitative estimate of drug-likeness (QED) is 0.545. The molecule has 0 spiro atoms. The monoisotopic (exact) mass is 219 g/mol. The lowest BCUT2D eigenvalue weighted by atomic mass is 10.1. The van der Waals surface area contributed by atoms with Crippen molar-refractivity contribution in [3.05, 3.63) is 0 Å². The molecule has 4 heteroatoms. The average Bonchev–Trinajstić information content (AvgIpc) is 2.02. The molecule has 0 rings (SSSR count). The topological polar surface area (TPSA) is 38.3 Å². The molecule has 0 atom stereocenters. The van der Waals surface area contributed by atoms with E-state index < -0.39 is 0 Å². The molecular formula is C10H21NO2S. The Balaban J connectivity index is 3.26. The molecule has 0 saturated carbocycles. The summed E-state index contributed by atoms with van der Waals surface area (Å²) in [5, 5.41) is 3.35. The van der Waals surface area contributed by atoms with Gasteiger partial charge in [-0.05, 0) is 27.7 Å². The first-order valence-electron chi connectivity index (χ1n) is 4.94. The number of hydrogen-bond donors (Lipinski definition) is 1. The van der Waals surface area contributed by atoms with E-state index in [0.717, 1.165) is 12.3 Å². The van der Waals surface area contributed by atoms with Crippen LogP contribution >= 0.6 is 11.8 Å². The molecule has 0 saturated heterocycles. The molecule has 1 N–H and O–H groups in total. The van der Waals surface area contributed by atoms with Crippen LogP contribution in [0.25, 0.3) is 0 Å². The van der Waals surface area contributed by atoms with E-state index in [2.05, 4.69) is 26.1 Å². The van der Waals surface area contributed by atoms with Gasteiger partial charge in [-0.2, -0.15) is 0 Å². The van der Waals surface area contributed by atoms with E-state index >= 15 is 0 Å². The van der Waals surface area contributed by atoms with Crippen molar-refractivity contribution in [2.75, 3.05) is 24.7 Å². The van der Waals surface area contributed by atoms with Crippen LogP contribution in [0.15, 0.2) is 0 Å². The zero-order chi connectivity index (χ0) is 11.0. The predicted molar refractivity (Wildman–Crippen MR) is 61.7 cm³/mol. The van der Waals surface area contributed by atoms with Crippen molar-refractivity contribution in [3.8, 4) is 0 Å². The number of esters is 1. The fraction of sp³-hybridized carbons (Fsp3) is 0.900. The molecule has 0 aromatic heterocycles. The van der Waals surface area contributed by atoms with Crippen LogP contribution in [0.4, 0.5) is 0 Å². The van der Waals surface area contributed by atoms with Gasteiger partial charge in [-0.25, -0.2) is 0 Å². The molecule has 0 bridgehead atoms. The Morgan fingerprint density at radius 1 is 1.43 bits per heavy atom. The van der Waals surface area contributed by atoms with Crippen molar-refractivity contribution in [1.29, 1.82) is 0 Å². The first-order valence-corrected chi connectivity index (χ1v) is 6.09. The summed E-state index contributed by atoms with van der Waals surface area (Å²) >= 11 is 1.60. The Morgan fingerprint density at radius 2 is 2.07 bits per heavy atom. The molecule has 0 aliphatic heterocycles. The molecule has 0 aromatic rings. The Morgan fingerprint density at radius 3 is 2.57 bits per heavy atom. The maximum absolute atomic E-state index is 10.9. The minimum atomic E-state index is -0.117. The molecule has 0 fully saturated rings. The Bertz CT molecular complexity index is 166. The number of thioether (sulfide) groups is 1. The summed E-state index contributed by atoms with van der Waals surface area (Å²) in [6.45, 7) is 9.60. The van der Waals surface area contributed by atoms with Gasteiger partial charge < -0.3 is 10.1 Å². The molecule has 0 aromatic carbocycles. The first-order chi connectivity index (χ1) is 6.45. The molecule has 0 radical (unpaired) electrons. The maximum Gasteiger partial charge on any atom is 0.315 e. The van der Waals surface area contributed by atoms with E-state index in [1.54, 1.807) is 11.8 Å². The number of carbonyl (C=O) groups excluding carboxylic acids is 1. The molecule has 14 heavy (non-hydrogen) atoms. The van der Waals surface area contributed by atoms with E-state index in [0.29, 0.717) is 12.4 Å².